The van der Waals surface area contributed by atoms with Crippen LogP contribution >= 0.6 is 0 Å². The van der Waals surface area contributed by atoms with Crippen molar-refractivity contribution in [2.24, 2.45) is 0 Å². The van der Waals surface area contributed by atoms with Crippen molar-refractivity contribution in [3.63, 3.8) is 0 Å². The quantitative estimate of drug-likeness (QED) is 0.237. The van der Waals surface area contributed by atoms with Crippen LogP contribution in [0.1, 0.15) is 0 Å². The Morgan fingerprint density at radius 1 is 0.250 bits per heavy atom. The zero-order chi connectivity index (χ0) is 28.1. The summed E-state index contributed by atoms with van der Waals surface area (Å²) in [5, 5.41) is 0. The second-order valence-corrected chi connectivity index (χ2v) is 18.4. The van der Waals surface area contributed by atoms with Gasteiger partial charge in [0.05, 0.1) is 0 Å². The van der Waals surface area contributed by atoms with Crippen molar-refractivity contribution < 1.29 is 0 Å². The van der Waals surface area contributed by atoms with Crippen molar-refractivity contribution in [1.82, 2.24) is 0 Å². The average molecular weight is 950 g/mol. The van der Waals surface area contributed by atoms with Crippen molar-refractivity contribution in [1.29, 1.82) is 0 Å². The first-order valence-corrected chi connectivity index (χ1v) is 20.5. The van der Waals surface area contributed by atoms with E-state index in [0.29, 0.717) is 0 Å². The summed E-state index contributed by atoms with van der Waals surface area (Å²) in [6.45, 7) is 0. The Bertz CT molecular complexity index is 1220. The predicted octanol–water partition coefficient (Wildman–Crippen LogP) is 3.64. The number of rotatable bonds is 4. The fourth-order valence-electron chi connectivity index (χ4n) is 3.16. The molecule has 0 amide bonds. The molecule has 0 aliphatic heterocycles. The van der Waals surface area contributed by atoms with Gasteiger partial charge < -0.3 is 0 Å². The molecular formula is C36H30Sb4. The fraction of sp³-hybridized carbons (Fsp3) is 0. The Kier molecular flexibility index (Phi) is 17.6. The number of hydrogen-bond donors (Lipinski definition) is 0. The zero-order valence-corrected chi connectivity index (χ0v) is 32.3. The summed E-state index contributed by atoms with van der Waals surface area (Å²) < 4.78 is 8.82. The van der Waals surface area contributed by atoms with Crippen LogP contribution in [0.3, 0.4) is 0 Å². The van der Waals surface area contributed by atoms with Gasteiger partial charge in [-0.15, -0.1) is 0 Å². The third-order valence-corrected chi connectivity index (χ3v) is 13.1. The Morgan fingerprint density at radius 3 is 0.575 bits per heavy atom. The summed E-state index contributed by atoms with van der Waals surface area (Å²) in [6, 6.07) is 63.7. The number of hydrogen-bond acceptors (Lipinski definition) is 0. The van der Waals surface area contributed by atoms with Crippen LogP contribution in [0.25, 0.3) is 0 Å². The molecule has 0 unspecified atom stereocenters. The summed E-state index contributed by atoms with van der Waals surface area (Å²) in [6.07, 6.45) is 0. The summed E-state index contributed by atoms with van der Waals surface area (Å²) in [7, 11) is 0. The molecule has 6 aromatic rings. The first-order valence-electron chi connectivity index (χ1n) is 12.8. The normalized spacial score (nSPS) is 9.45. The van der Waals surface area contributed by atoms with E-state index in [-0.39, 0.29) is 43.2 Å². The molecule has 6 aromatic carbocycles. The molecule has 0 spiro atoms. The third-order valence-electron chi connectivity index (χ3n) is 5.05. The first kappa shape index (κ1) is 33.1. The van der Waals surface area contributed by atoms with E-state index >= 15 is 0 Å². The van der Waals surface area contributed by atoms with Gasteiger partial charge in [0.1, 0.15) is 0 Å². The van der Waals surface area contributed by atoms with Gasteiger partial charge in [-0.25, -0.2) is 0 Å². The van der Waals surface area contributed by atoms with E-state index in [9.17, 15) is 0 Å². The molecule has 40 heavy (non-hydrogen) atoms. The van der Waals surface area contributed by atoms with Crippen LogP contribution in [0.4, 0.5) is 0 Å². The molecule has 0 aromatic heterocycles. The summed E-state index contributed by atoms with van der Waals surface area (Å²) in [4.78, 5) is 0. The SMILES string of the molecule is [Sb][c]1ccccc1.[Sb][c]1ccccc1.c1cc[c]([Sb][c]2ccccc2)cc1.c1cc[c]([Sb][c]2ccccc2)cc1. The van der Waals surface area contributed by atoms with Gasteiger partial charge >= 0.3 is 292 Å². The maximum absolute atomic E-state index is 2.23. The molecule has 6 radical (unpaired) electrons. The monoisotopic (exact) mass is 946 g/mol. The molecule has 0 fully saturated rings. The van der Waals surface area contributed by atoms with Crippen LogP contribution in [0.5, 0.6) is 0 Å². The second kappa shape index (κ2) is 21.3. The summed E-state index contributed by atoms with van der Waals surface area (Å²) in [5.74, 6) is 0. The van der Waals surface area contributed by atoms with Crippen molar-refractivity contribution in [3.8, 4) is 0 Å². The zero-order valence-electron chi connectivity index (χ0n) is 22.1. The molecule has 0 atom stereocenters. The average Bonchev–Trinajstić information content (AvgIpc) is 3.01. The van der Waals surface area contributed by atoms with Crippen molar-refractivity contribution in [2.45, 2.75) is 0 Å². The van der Waals surface area contributed by atoms with Gasteiger partial charge in [-0.2, -0.15) is 0 Å². The molecular weight excluding hydrogens is 919 g/mol. The van der Waals surface area contributed by atoms with E-state index in [0.717, 1.165) is 0 Å². The van der Waals surface area contributed by atoms with E-state index < -0.39 is 0 Å². The van der Waals surface area contributed by atoms with Crippen LogP contribution in [0.15, 0.2) is 182 Å². The van der Waals surface area contributed by atoms with Crippen LogP contribution in [-0.2, 0) is 0 Å². The third kappa shape index (κ3) is 15.6. The molecule has 0 saturated heterocycles. The van der Waals surface area contributed by atoms with Gasteiger partial charge in [0.2, 0.25) is 0 Å². The van der Waals surface area contributed by atoms with Crippen LogP contribution in [-0.4, -0.2) is 89.3 Å². The topological polar surface area (TPSA) is 0 Å². The second-order valence-electron chi connectivity index (χ2n) is 8.24. The maximum atomic E-state index is 2.23. The fourth-order valence-corrected chi connectivity index (χ4v) is 9.52. The molecule has 194 valence electrons. The minimum absolute atomic E-state index is 0.335. The number of benzene rings is 6. The van der Waals surface area contributed by atoms with E-state index in [1.54, 1.807) is 46.0 Å². The Morgan fingerprint density at radius 2 is 0.425 bits per heavy atom. The Labute approximate surface area is 288 Å². The van der Waals surface area contributed by atoms with E-state index in [4.69, 9.17) is 0 Å². The molecule has 6 rings (SSSR count). The van der Waals surface area contributed by atoms with Gasteiger partial charge in [0.15, 0.2) is 0 Å². The van der Waals surface area contributed by atoms with Crippen LogP contribution < -0.4 is 21.1 Å². The van der Waals surface area contributed by atoms with Crippen molar-refractivity contribution in [3.05, 3.63) is 182 Å². The first-order chi connectivity index (χ1) is 19.7. The minimum atomic E-state index is -0.335. The van der Waals surface area contributed by atoms with Gasteiger partial charge in [-0.1, -0.05) is 0 Å². The molecule has 0 heterocycles. The van der Waals surface area contributed by atoms with Crippen molar-refractivity contribution >= 4 is 110 Å². The molecule has 0 bridgehead atoms. The Hall–Kier alpha value is -1.41. The van der Waals surface area contributed by atoms with Gasteiger partial charge in [-0.05, 0) is 0 Å². The van der Waals surface area contributed by atoms with Gasteiger partial charge in [0, 0.05) is 0 Å². The molecule has 4 heteroatoms. The van der Waals surface area contributed by atoms with Crippen LogP contribution in [0, 0.1) is 0 Å². The van der Waals surface area contributed by atoms with Crippen LogP contribution in [0.2, 0.25) is 0 Å². The molecule has 0 aliphatic rings. The summed E-state index contributed by atoms with van der Waals surface area (Å²) >= 11 is 2.84. The van der Waals surface area contributed by atoms with E-state index in [2.05, 4.69) is 146 Å². The predicted molar refractivity (Wildman–Crippen MR) is 179 cm³/mol. The molecule has 0 aliphatic carbocycles. The van der Waals surface area contributed by atoms with Crippen molar-refractivity contribution in [2.75, 3.05) is 0 Å². The molecule has 0 nitrogen and oxygen atoms in total. The Balaban J connectivity index is 0.000000153. The molecule has 0 N–H and O–H groups in total. The van der Waals surface area contributed by atoms with E-state index in [1.165, 1.54) is 21.1 Å². The van der Waals surface area contributed by atoms with E-state index in [1.807, 2.05) is 36.4 Å². The van der Waals surface area contributed by atoms with Gasteiger partial charge in [-0.3, -0.25) is 0 Å². The van der Waals surface area contributed by atoms with Gasteiger partial charge in [0.25, 0.3) is 0 Å². The standard InChI is InChI=1S/6C6H5.4Sb/c6*1-2-4-6-5-3-1;;;;/h6*1-5H;;;;. The summed E-state index contributed by atoms with van der Waals surface area (Å²) in [5.41, 5.74) is 0. The molecule has 0 saturated carbocycles.